The van der Waals surface area contributed by atoms with Crippen molar-refractivity contribution in [2.75, 3.05) is 32.1 Å². The van der Waals surface area contributed by atoms with Crippen LogP contribution >= 0.6 is 0 Å². The molecular weight excluding hydrogens is 338 g/mol. The number of aliphatic imine (C=N–C) groups is 1. The maximum Gasteiger partial charge on any atom is 0.191 e. The lowest BCUT2D eigenvalue weighted by Gasteiger charge is -2.28. The number of hydrogen-bond acceptors (Lipinski definition) is 4. The van der Waals surface area contributed by atoms with E-state index in [4.69, 9.17) is 4.74 Å². The molecule has 6 nitrogen and oxygen atoms in total. The second-order valence-electron chi connectivity index (χ2n) is 6.70. The number of benzene rings is 1. The van der Waals surface area contributed by atoms with Gasteiger partial charge in [-0.3, -0.25) is 4.99 Å². The van der Waals surface area contributed by atoms with Crippen molar-refractivity contribution < 1.29 is 4.74 Å². The molecule has 0 aliphatic carbocycles. The maximum absolute atomic E-state index is 5.19. The van der Waals surface area contributed by atoms with E-state index in [1.54, 1.807) is 14.2 Å². The lowest BCUT2D eigenvalue weighted by molar-refractivity contribution is 0.414. The Balaban J connectivity index is 1.51. The number of methoxy groups -OCH3 is 1. The van der Waals surface area contributed by atoms with E-state index in [1.807, 2.05) is 30.5 Å². The summed E-state index contributed by atoms with van der Waals surface area (Å²) in [7, 11) is 3.46. The number of nitrogens with zero attached hydrogens (tertiary/aromatic N) is 3. The molecule has 2 N–H and O–H groups in total. The van der Waals surface area contributed by atoms with Crippen LogP contribution in [0.3, 0.4) is 0 Å². The second kappa shape index (κ2) is 9.80. The summed E-state index contributed by atoms with van der Waals surface area (Å²) in [6.45, 7) is 3.63. The first kappa shape index (κ1) is 19.0. The zero-order valence-electron chi connectivity index (χ0n) is 16.2. The highest BCUT2D eigenvalue weighted by Gasteiger charge is 2.12. The van der Waals surface area contributed by atoms with Crippen molar-refractivity contribution in [3.8, 4) is 5.75 Å². The Hall–Kier alpha value is -2.76. The van der Waals surface area contributed by atoms with Gasteiger partial charge in [0.1, 0.15) is 11.6 Å². The fourth-order valence-corrected chi connectivity index (χ4v) is 3.20. The fraction of sp³-hybridized carbons (Fsp3) is 0.429. The van der Waals surface area contributed by atoms with Gasteiger partial charge in [0.05, 0.1) is 7.11 Å². The third-order valence-electron chi connectivity index (χ3n) is 4.79. The first-order valence-electron chi connectivity index (χ1n) is 9.56. The van der Waals surface area contributed by atoms with Crippen LogP contribution in [0.15, 0.2) is 47.6 Å². The number of aromatic nitrogens is 1. The molecule has 0 spiro atoms. The Morgan fingerprint density at radius 1 is 1.04 bits per heavy atom. The molecule has 1 aliphatic rings. The number of rotatable bonds is 6. The van der Waals surface area contributed by atoms with Crippen LogP contribution in [0, 0.1) is 0 Å². The second-order valence-corrected chi connectivity index (χ2v) is 6.70. The molecule has 2 heterocycles. The van der Waals surface area contributed by atoms with Crippen molar-refractivity contribution in [1.29, 1.82) is 0 Å². The molecule has 6 heteroatoms. The first-order chi connectivity index (χ1) is 13.3. The lowest BCUT2D eigenvalue weighted by Crippen LogP contribution is -2.36. The Kier molecular flexibility index (Phi) is 6.90. The molecule has 0 unspecified atom stereocenters. The van der Waals surface area contributed by atoms with Crippen molar-refractivity contribution in [3.63, 3.8) is 0 Å². The molecule has 3 rings (SSSR count). The third-order valence-corrected chi connectivity index (χ3v) is 4.79. The van der Waals surface area contributed by atoms with Crippen molar-refractivity contribution in [2.24, 2.45) is 4.99 Å². The molecule has 27 heavy (non-hydrogen) atoms. The summed E-state index contributed by atoms with van der Waals surface area (Å²) >= 11 is 0. The van der Waals surface area contributed by atoms with Crippen LogP contribution in [0.2, 0.25) is 0 Å². The number of hydrogen-bond donors (Lipinski definition) is 2. The minimum absolute atomic E-state index is 0.707. The first-order valence-corrected chi connectivity index (χ1v) is 9.56. The van der Waals surface area contributed by atoms with Crippen LogP contribution in [-0.2, 0) is 13.1 Å². The van der Waals surface area contributed by atoms with Gasteiger partial charge in [-0.25, -0.2) is 4.98 Å². The predicted molar refractivity (Wildman–Crippen MR) is 110 cm³/mol. The van der Waals surface area contributed by atoms with Gasteiger partial charge in [-0.15, -0.1) is 0 Å². The Labute approximate surface area is 161 Å². The maximum atomic E-state index is 5.19. The fourth-order valence-electron chi connectivity index (χ4n) is 3.20. The molecule has 0 amide bonds. The number of guanidine groups is 1. The van der Waals surface area contributed by atoms with E-state index < -0.39 is 0 Å². The summed E-state index contributed by atoms with van der Waals surface area (Å²) in [6.07, 6.45) is 5.74. The van der Waals surface area contributed by atoms with Gasteiger partial charge in [-0.2, -0.15) is 0 Å². The van der Waals surface area contributed by atoms with Crippen LogP contribution in [0.5, 0.6) is 5.75 Å². The minimum Gasteiger partial charge on any atom is -0.497 e. The van der Waals surface area contributed by atoms with E-state index in [0.717, 1.165) is 30.6 Å². The van der Waals surface area contributed by atoms with E-state index in [0.29, 0.717) is 13.1 Å². The van der Waals surface area contributed by atoms with Gasteiger partial charge in [0.25, 0.3) is 0 Å². The number of ether oxygens (including phenoxy) is 1. The molecule has 1 saturated heterocycles. The largest absolute Gasteiger partial charge is 0.497 e. The Morgan fingerprint density at radius 2 is 1.74 bits per heavy atom. The molecule has 1 aromatic carbocycles. The van der Waals surface area contributed by atoms with Crippen molar-refractivity contribution in [2.45, 2.75) is 32.4 Å². The smallest absolute Gasteiger partial charge is 0.191 e. The van der Waals surface area contributed by atoms with E-state index in [-0.39, 0.29) is 0 Å². The number of pyridine rings is 1. The highest BCUT2D eigenvalue weighted by molar-refractivity contribution is 5.79. The highest BCUT2D eigenvalue weighted by atomic mass is 16.5. The molecule has 0 saturated carbocycles. The summed E-state index contributed by atoms with van der Waals surface area (Å²) in [4.78, 5) is 11.2. The Bertz CT molecular complexity index is 738. The summed E-state index contributed by atoms with van der Waals surface area (Å²) in [5, 5.41) is 6.72. The van der Waals surface area contributed by atoms with Crippen LogP contribution in [0.25, 0.3) is 0 Å². The SMILES string of the molecule is CN=C(NCc1ccc(OC)cc1)NCc1ccnc(N2CCCCC2)c1. The summed E-state index contributed by atoms with van der Waals surface area (Å²) in [6, 6.07) is 12.3. The quantitative estimate of drug-likeness (QED) is 0.607. The average Bonchev–Trinajstić information content (AvgIpc) is 2.75. The normalized spacial score (nSPS) is 14.7. The van der Waals surface area contributed by atoms with Crippen LogP contribution in [0.4, 0.5) is 5.82 Å². The average molecular weight is 367 g/mol. The molecule has 0 atom stereocenters. The zero-order chi connectivity index (χ0) is 18.9. The van der Waals surface area contributed by atoms with E-state index >= 15 is 0 Å². The van der Waals surface area contributed by atoms with Gasteiger partial charge in [0, 0.05) is 39.4 Å². The molecule has 144 valence electrons. The number of piperidine rings is 1. The summed E-state index contributed by atoms with van der Waals surface area (Å²) < 4.78 is 5.19. The predicted octanol–water partition coefficient (Wildman–Crippen LogP) is 2.95. The summed E-state index contributed by atoms with van der Waals surface area (Å²) in [5.41, 5.74) is 2.38. The third kappa shape index (κ3) is 5.61. The molecule has 1 aromatic heterocycles. The van der Waals surface area contributed by atoms with Gasteiger partial charge in [-0.05, 0) is 54.7 Å². The van der Waals surface area contributed by atoms with E-state index in [1.165, 1.54) is 30.4 Å². The van der Waals surface area contributed by atoms with Crippen LogP contribution < -0.4 is 20.3 Å². The van der Waals surface area contributed by atoms with Gasteiger partial charge < -0.3 is 20.3 Å². The minimum atomic E-state index is 0.707. The monoisotopic (exact) mass is 367 g/mol. The number of anilines is 1. The molecule has 1 aliphatic heterocycles. The topological polar surface area (TPSA) is 61.8 Å². The standard InChI is InChI=1S/C21H29N5O/c1-22-21(24-15-17-6-8-19(27-2)9-7-17)25-16-18-10-11-23-20(14-18)26-12-4-3-5-13-26/h6-11,14H,3-5,12-13,15-16H2,1-2H3,(H2,22,24,25). The molecular formula is C21H29N5O. The molecule has 0 bridgehead atoms. The highest BCUT2D eigenvalue weighted by Crippen LogP contribution is 2.18. The molecule has 1 fully saturated rings. The van der Waals surface area contributed by atoms with Crippen molar-refractivity contribution in [3.05, 3.63) is 53.7 Å². The number of nitrogens with one attached hydrogen (secondary N) is 2. The van der Waals surface area contributed by atoms with Gasteiger partial charge in [0.2, 0.25) is 0 Å². The van der Waals surface area contributed by atoms with Gasteiger partial charge in [-0.1, -0.05) is 12.1 Å². The van der Waals surface area contributed by atoms with Crippen LogP contribution in [0.1, 0.15) is 30.4 Å². The van der Waals surface area contributed by atoms with E-state index in [2.05, 4.69) is 37.6 Å². The summed E-state index contributed by atoms with van der Waals surface area (Å²) in [5.74, 6) is 2.72. The Morgan fingerprint density at radius 3 is 2.41 bits per heavy atom. The lowest BCUT2D eigenvalue weighted by atomic mass is 10.1. The van der Waals surface area contributed by atoms with Crippen molar-refractivity contribution >= 4 is 11.8 Å². The molecule has 0 radical (unpaired) electrons. The van der Waals surface area contributed by atoms with Gasteiger partial charge >= 0.3 is 0 Å². The molecule has 2 aromatic rings. The van der Waals surface area contributed by atoms with Gasteiger partial charge in [0.15, 0.2) is 5.96 Å². The van der Waals surface area contributed by atoms with E-state index in [9.17, 15) is 0 Å². The van der Waals surface area contributed by atoms with Crippen molar-refractivity contribution in [1.82, 2.24) is 15.6 Å². The zero-order valence-corrected chi connectivity index (χ0v) is 16.2. The van der Waals surface area contributed by atoms with Crippen LogP contribution in [-0.4, -0.2) is 38.2 Å².